The van der Waals surface area contributed by atoms with Gasteiger partial charge in [-0.25, -0.2) is 4.79 Å². The van der Waals surface area contributed by atoms with Gasteiger partial charge < -0.3 is 10.2 Å². The number of aliphatic imine (C=N–C) groups is 1. The largest absolute Gasteiger partial charge is 0.332 e. The molecular weight excluding hydrogens is 324 g/mol. The number of carbonyl (C=O) groups is 1. The van der Waals surface area contributed by atoms with E-state index in [2.05, 4.69) is 35.4 Å². The molecule has 3 heterocycles. The second kappa shape index (κ2) is 6.56. The smallest absolute Gasteiger partial charge is 0.317 e. The van der Waals surface area contributed by atoms with E-state index in [0.29, 0.717) is 6.54 Å². The monoisotopic (exact) mass is 348 g/mol. The number of aryl methyl sites for hydroxylation is 1. The summed E-state index contributed by atoms with van der Waals surface area (Å²) in [7, 11) is 0. The molecule has 0 unspecified atom stereocenters. The first kappa shape index (κ1) is 16.8. The molecule has 0 bridgehead atoms. The molecule has 2 aliphatic heterocycles. The van der Waals surface area contributed by atoms with Crippen molar-refractivity contribution in [2.45, 2.75) is 38.6 Å². The van der Waals surface area contributed by atoms with Gasteiger partial charge >= 0.3 is 6.03 Å². The lowest BCUT2D eigenvalue weighted by Crippen LogP contribution is -2.50. The Hall–Kier alpha value is -2.69. The summed E-state index contributed by atoms with van der Waals surface area (Å²) in [6.07, 6.45) is 3.68. The molecule has 0 saturated carbocycles. The average molecular weight is 348 g/mol. The van der Waals surface area contributed by atoms with Crippen LogP contribution in [0, 0.1) is 6.92 Å². The summed E-state index contributed by atoms with van der Waals surface area (Å²) in [5, 5.41) is 2.99. The average Bonchev–Trinajstić information content (AvgIpc) is 2.93. The molecule has 0 radical (unpaired) electrons. The number of hydrogen-bond acceptors (Lipinski definition) is 3. The van der Waals surface area contributed by atoms with Crippen molar-refractivity contribution >= 4 is 17.4 Å². The number of aromatic nitrogens is 1. The summed E-state index contributed by atoms with van der Waals surface area (Å²) in [5.74, 6) is 0. The molecule has 2 aromatic rings. The summed E-state index contributed by atoms with van der Waals surface area (Å²) < 4.78 is 0. The van der Waals surface area contributed by atoms with E-state index in [4.69, 9.17) is 4.99 Å². The zero-order valence-corrected chi connectivity index (χ0v) is 15.3. The van der Waals surface area contributed by atoms with Crippen molar-refractivity contribution in [1.29, 1.82) is 0 Å². The van der Waals surface area contributed by atoms with Gasteiger partial charge in [-0.15, -0.1) is 0 Å². The van der Waals surface area contributed by atoms with E-state index in [1.807, 2.05) is 36.2 Å². The number of nitrogens with zero attached hydrogens (tertiary/aromatic N) is 3. The van der Waals surface area contributed by atoms with E-state index >= 15 is 0 Å². The maximum atomic E-state index is 12.5. The highest BCUT2D eigenvalue weighted by molar-refractivity contribution is 6.00. The molecule has 2 aliphatic rings. The number of amides is 2. The number of pyridine rings is 1. The van der Waals surface area contributed by atoms with Crippen molar-refractivity contribution in [3.8, 4) is 0 Å². The van der Waals surface area contributed by atoms with Crippen LogP contribution >= 0.6 is 0 Å². The molecule has 1 fully saturated rings. The molecule has 1 aromatic carbocycles. The van der Waals surface area contributed by atoms with Crippen LogP contribution in [0.2, 0.25) is 0 Å². The standard InChI is InChI=1S/C21H24N4O/c1-15-7-8-17(22-13-15)14-23-20(26)25-11-9-21(10-12-25)16(2)24-19-6-4-3-5-18(19)21/h3-8,13H,9-12,14H2,1-2H3,(H,23,26). The number of piperidine rings is 1. The number of urea groups is 1. The molecule has 0 aliphatic carbocycles. The SMILES string of the molecule is CC1=Nc2ccccc2C12CCN(C(=O)NCc1ccc(C)cn1)CC2. The van der Waals surface area contributed by atoms with Crippen molar-refractivity contribution in [1.82, 2.24) is 15.2 Å². The van der Waals surface area contributed by atoms with Crippen molar-refractivity contribution in [3.63, 3.8) is 0 Å². The summed E-state index contributed by atoms with van der Waals surface area (Å²) in [6.45, 7) is 6.08. The zero-order chi connectivity index (χ0) is 18.1. The van der Waals surface area contributed by atoms with Crippen LogP contribution in [0.25, 0.3) is 0 Å². The van der Waals surface area contributed by atoms with Gasteiger partial charge in [-0.2, -0.15) is 0 Å². The maximum Gasteiger partial charge on any atom is 0.317 e. The van der Waals surface area contributed by atoms with Crippen molar-refractivity contribution in [2.75, 3.05) is 13.1 Å². The van der Waals surface area contributed by atoms with Gasteiger partial charge in [0, 0.05) is 30.4 Å². The fourth-order valence-electron chi connectivity index (χ4n) is 4.06. The highest BCUT2D eigenvalue weighted by Gasteiger charge is 2.44. The van der Waals surface area contributed by atoms with Gasteiger partial charge in [-0.3, -0.25) is 9.98 Å². The van der Waals surface area contributed by atoms with E-state index in [1.54, 1.807) is 0 Å². The molecule has 26 heavy (non-hydrogen) atoms. The number of rotatable bonds is 2. The van der Waals surface area contributed by atoms with Crippen LogP contribution < -0.4 is 5.32 Å². The molecule has 1 aromatic heterocycles. The lowest BCUT2D eigenvalue weighted by atomic mass is 9.71. The third-order valence-electron chi connectivity index (χ3n) is 5.70. The van der Waals surface area contributed by atoms with Crippen molar-refractivity contribution < 1.29 is 4.79 Å². The molecule has 5 nitrogen and oxygen atoms in total. The summed E-state index contributed by atoms with van der Waals surface area (Å²) in [6, 6.07) is 12.4. The Morgan fingerprint density at radius 3 is 2.65 bits per heavy atom. The Bertz CT molecular complexity index is 849. The lowest BCUT2D eigenvalue weighted by Gasteiger charge is -2.40. The first-order valence-electron chi connectivity index (χ1n) is 9.18. The Morgan fingerprint density at radius 1 is 1.15 bits per heavy atom. The maximum absolute atomic E-state index is 12.5. The minimum Gasteiger partial charge on any atom is -0.332 e. The van der Waals surface area contributed by atoms with Crippen LogP contribution in [-0.4, -0.2) is 34.7 Å². The fourth-order valence-corrected chi connectivity index (χ4v) is 4.06. The normalized spacial score (nSPS) is 17.8. The summed E-state index contributed by atoms with van der Waals surface area (Å²) in [5.41, 5.74) is 5.60. The van der Waals surface area contributed by atoms with Crippen LogP contribution in [-0.2, 0) is 12.0 Å². The molecule has 4 rings (SSSR count). The van der Waals surface area contributed by atoms with Crippen LogP contribution in [0.15, 0.2) is 47.6 Å². The topological polar surface area (TPSA) is 57.6 Å². The second-order valence-electron chi connectivity index (χ2n) is 7.27. The molecular formula is C21H24N4O. The molecule has 1 spiro atoms. The quantitative estimate of drug-likeness (QED) is 0.899. The van der Waals surface area contributed by atoms with Gasteiger partial charge in [0.1, 0.15) is 0 Å². The first-order chi connectivity index (χ1) is 12.6. The van der Waals surface area contributed by atoms with Crippen molar-refractivity contribution in [3.05, 3.63) is 59.4 Å². The van der Waals surface area contributed by atoms with Crippen LogP contribution in [0.1, 0.15) is 36.6 Å². The van der Waals surface area contributed by atoms with E-state index in [9.17, 15) is 4.79 Å². The number of likely N-dealkylation sites (tertiary alicyclic amines) is 1. The minimum absolute atomic E-state index is 0.00584. The third-order valence-corrected chi connectivity index (χ3v) is 5.70. The summed E-state index contributed by atoms with van der Waals surface area (Å²) in [4.78, 5) is 23.5. The van der Waals surface area contributed by atoms with Gasteiger partial charge in [-0.05, 0) is 49.9 Å². The molecule has 134 valence electrons. The van der Waals surface area contributed by atoms with E-state index in [0.717, 1.165) is 42.9 Å². The van der Waals surface area contributed by atoms with Gasteiger partial charge in [0.25, 0.3) is 0 Å². The highest BCUT2D eigenvalue weighted by Crippen LogP contribution is 2.46. The number of fused-ring (bicyclic) bond motifs is 2. The molecule has 1 N–H and O–H groups in total. The Morgan fingerprint density at radius 2 is 1.92 bits per heavy atom. The third kappa shape index (κ3) is 2.87. The Balaban J connectivity index is 1.38. The predicted octanol–water partition coefficient (Wildman–Crippen LogP) is 3.74. The van der Waals surface area contributed by atoms with Crippen LogP contribution in [0.5, 0.6) is 0 Å². The minimum atomic E-state index is -0.0110. The van der Waals surface area contributed by atoms with Gasteiger partial charge in [0.05, 0.1) is 17.9 Å². The van der Waals surface area contributed by atoms with Crippen LogP contribution in [0.4, 0.5) is 10.5 Å². The van der Waals surface area contributed by atoms with E-state index in [-0.39, 0.29) is 11.4 Å². The van der Waals surface area contributed by atoms with Gasteiger partial charge in [0.2, 0.25) is 0 Å². The van der Waals surface area contributed by atoms with Gasteiger partial charge in [-0.1, -0.05) is 24.3 Å². The fraction of sp³-hybridized carbons (Fsp3) is 0.381. The lowest BCUT2D eigenvalue weighted by molar-refractivity contribution is 0.173. The number of benzene rings is 1. The highest BCUT2D eigenvalue weighted by atomic mass is 16.2. The first-order valence-corrected chi connectivity index (χ1v) is 9.18. The number of hydrogen-bond donors (Lipinski definition) is 1. The molecule has 2 amide bonds. The number of nitrogens with one attached hydrogen (secondary N) is 1. The predicted molar refractivity (Wildman–Crippen MR) is 103 cm³/mol. The van der Waals surface area contributed by atoms with Crippen molar-refractivity contribution in [2.24, 2.45) is 4.99 Å². The number of para-hydroxylation sites is 1. The Labute approximate surface area is 154 Å². The number of carbonyl (C=O) groups excluding carboxylic acids is 1. The van der Waals surface area contributed by atoms with E-state index in [1.165, 1.54) is 11.3 Å². The second-order valence-corrected chi connectivity index (χ2v) is 7.27. The van der Waals surface area contributed by atoms with Gasteiger partial charge in [0.15, 0.2) is 0 Å². The molecule has 1 saturated heterocycles. The zero-order valence-electron chi connectivity index (χ0n) is 15.3. The molecule has 0 atom stereocenters. The van der Waals surface area contributed by atoms with E-state index < -0.39 is 0 Å². The Kier molecular flexibility index (Phi) is 4.23. The van der Waals surface area contributed by atoms with Crippen LogP contribution in [0.3, 0.4) is 0 Å². The summed E-state index contributed by atoms with van der Waals surface area (Å²) >= 11 is 0. The molecule has 5 heteroatoms.